The molecular formula is C12H17N3O4S. The molecule has 8 heteroatoms. The molecule has 2 heterocycles. The van der Waals surface area contributed by atoms with E-state index < -0.39 is 29.7 Å². The second kappa shape index (κ2) is 5.37. The number of thiazole rings is 1. The minimum absolute atomic E-state index is 0.0246. The van der Waals surface area contributed by atoms with Crippen molar-refractivity contribution in [3.05, 3.63) is 16.6 Å². The standard InChI is InChI=1S/C12H17N3O4S/c1-12(2,10-13-3-4-20-10)14-11(19)15-6-7(16)5-8(15)9(17)18/h3-4,7-8,16H,5-6H2,1-2H3,(H,14,19)(H,17,18)/t7-,8-/m1/s1. The number of carboxylic acid groups (broad SMARTS) is 1. The highest BCUT2D eigenvalue weighted by Gasteiger charge is 2.40. The SMILES string of the molecule is CC(C)(NC(=O)N1C[C@H](O)C[C@@H]1C(=O)O)c1nccs1. The first-order valence-electron chi connectivity index (χ1n) is 6.21. The van der Waals surface area contributed by atoms with Gasteiger partial charge in [-0.15, -0.1) is 11.3 Å². The maximum Gasteiger partial charge on any atom is 0.326 e. The minimum Gasteiger partial charge on any atom is -0.480 e. The summed E-state index contributed by atoms with van der Waals surface area (Å²) in [5.74, 6) is -1.11. The van der Waals surface area contributed by atoms with Crippen molar-refractivity contribution in [2.45, 2.75) is 38.0 Å². The fourth-order valence-corrected chi connectivity index (χ4v) is 2.92. The monoisotopic (exact) mass is 299 g/mol. The largest absolute Gasteiger partial charge is 0.480 e. The van der Waals surface area contributed by atoms with E-state index in [1.807, 2.05) is 5.38 Å². The number of aliphatic hydroxyl groups is 1. The number of aromatic nitrogens is 1. The van der Waals surface area contributed by atoms with Crippen LogP contribution in [0.3, 0.4) is 0 Å². The number of nitrogens with one attached hydrogen (secondary N) is 1. The highest BCUT2D eigenvalue weighted by atomic mass is 32.1. The lowest BCUT2D eigenvalue weighted by molar-refractivity contribution is -0.141. The van der Waals surface area contributed by atoms with Gasteiger partial charge in [0.2, 0.25) is 0 Å². The van der Waals surface area contributed by atoms with Crippen molar-refractivity contribution < 1.29 is 19.8 Å². The number of carbonyl (C=O) groups excluding carboxylic acids is 1. The maximum atomic E-state index is 12.2. The predicted octanol–water partition coefficient (Wildman–Crippen LogP) is 0.608. The van der Waals surface area contributed by atoms with Crippen LogP contribution in [0.2, 0.25) is 0 Å². The topological polar surface area (TPSA) is 103 Å². The van der Waals surface area contributed by atoms with Crippen LogP contribution in [0.1, 0.15) is 25.3 Å². The molecule has 1 aromatic heterocycles. The summed E-state index contributed by atoms with van der Waals surface area (Å²) in [5.41, 5.74) is -0.693. The summed E-state index contributed by atoms with van der Waals surface area (Å²) in [5, 5.41) is 24.0. The molecule has 1 fully saturated rings. The van der Waals surface area contributed by atoms with Crippen LogP contribution in [-0.4, -0.2) is 50.8 Å². The average molecular weight is 299 g/mol. The molecular weight excluding hydrogens is 282 g/mol. The fraction of sp³-hybridized carbons (Fsp3) is 0.583. The Morgan fingerprint density at radius 3 is 2.80 bits per heavy atom. The Morgan fingerprint density at radius 2 is 2.25 bits per heavy atom. The molecule has 1 aliphatic heterocycles. The smallest absolute Gasteiger partial charge is 0.326 e. The van der Waals surface area contributed by atoms with Crippen LogP contribution in [0, 0.1) is 0 Å². The van der Waals surface area contributed by atoms with Gasteiger partial charge in [-0.3, -0.25) is 0 Å². The fourth-order valence-electron chi connectivity index (χ4n) is 2.20. The molecule has 0 unspecified atom stereocenters. The van der Waals surface area contributed by atoms with E-state index >= 15 is 0 Å². The molecule has 110 valence electrons. The van der Waals surface area contributed by atoms with Crippen molar-refractivity contribution in [1.29, 1.82) is 0 Å². The van der Waals surface area contributed by atoms with Gasteiger partial charge in [0.05, 0.1) is 11.6 Å². The van der Waals surface area contributed by atoms with E-state index in [4.69, 9.17) is 5.11 Å². The molecule has 2 amide bonds. The molecule has 3 N–H and O–H groups in total. The van der Waals surface area contributed by atoms with Crippen molar-refractivity contribution in [2.75, 3.05) is 6.54 Å². The Balaban J connectivity index is 2.10. The normalized spacial score (nSPS) is 22.9. The van der Waals surface area contributed by atoms with Gasteiger partial charge in [-0.05, 0) is 13.8 Å². The van der Waals surface area contributed by atoms with Gasteiger partial charge < -0.3 is 20.4 Å². The predicted molar refractivity (Wildman–Crippen MR) is 72.4 cm³/mol. The lowest BCUT2D eigenvalue weighted by atomic mass is 10.1. The minimum atomic E-state index is -1.11. The van der Waals surface area contributed by atoms with E-state index in [1.165, 1.54) is 11.3 Å². The number of aliphatic hydroxyl groups excluding tert-OH is 1. The number of carbonyl (C=O) groups is 2. The molecule has 2 rings (SSSR count). The lowest BCUT2D eigenvalue weighted by Gasteiger charge is -2.29. The molecule has 0 aromatic carbocycles. The molecule has 0 saturated carbocycles. The summed E-state index contributed by atoms with van der Waals surface area (Å²) in [6.07, 6.45) is 0.901. The van der Waals surface area contributed by atoms with Crippen LogP contribution >= 0.6 is 11.3 Å². The number of nitrogens with zero attached hydrogens (tertiary/aromatic N) is 2. The highest BCUT2D eigenvalue weighted by molar-refractivity contribution is 7.09. The third-order valence-corrected chi connectivity index (χ3v) is 4.31. The van der Waals surface area contributed by atoms with Crippen LogP contribution in [0.4, 0.5) is 4.79 Å². The third kappa shape index (κ3) is 2.91. The molecule has 7 nitrogen and oxygen atoms in total. The summed E-state index contributed by atoms with van der Waals surface area (Å²) >= 11 is 1.41. The van der Waals surface area contributed by atoms with E-state index in [-0.39, 0.29) is 13.0 Å². The molecule has 0 aliphatic carbocycles. The molecule has 20 heavy (non-hydrogen) atoms. The lowest BCUT2D eigenvalue weighted by Crippen LogP contribution is -2.51. The van der Waals surface area contributed by atoms with Gasteiger partial charge in [-0.25, -0.2) is 14.6 Å². The van der Waals surface area contributed by atoms with Gasteiger partial charge in [-0.2, -0.15) is 0 Å². The van der Waals surface area contributed by atoms with Gasteiger partial charge in [0, 0.05) is 24.5 Å². The summed E-state index contributed by atoms with van der Waals surface area (Å²) in [4.78, 5) is 28.7. The first kappa shape index (κ1) is 14.7. The number of likely N-dealkylation sites (tertiary alicyclic amines) is 1. The van der Waals surface area contributed by atoms with Crippen LogP contribution in [0.15, 0.2) is 11.6 Å². The number of amides is 2. The molecule has 0 spiro atoms. The van der Waals surface area contributed by atoms with Crippen LogP contribution < -0.4 is 5.32 Å². The number of carboxylic acids is 1. The zero-order chi connectivity index (χ0) is 14.9. The number of urea groups is 1. The van der Waals surface area contributed by atoms with E-state index in [0.29, 0.717) is 0 Å². The second-order valence-electron chi connectivity index (χ2n) is 5.29. The van der Waals surface area contributed by atoms with Gasteiger partial charge in [0.25, 0.3) is 0 Å². The Hall–Kier alpha value is -1.67. The second-order valence-corrected chi connectivity index (χ2v) is 6.18. The van der Waals surface area contributed by atoms with Crippen LogP contribution in [0.5, 0.6) is 0 Å². The quantitative estimate of drug-likeness (QED) is 0.758. The van der Waals surface area contributed by atoms with Crippen molar-refractivity contribution in [1.82, 2.24) is 15.2 Å². The van der Waals surface area contributed by atoms with Crippen molar-refractivity contribution in [3.63, 3.8) is 0 Å². The first-order chi connectivity index (χ1) is 9.31. The first-order valence-corrected chi connectivity index (χ1v) is 7.09. The number of hydrogen-bond donors (Lipinski definition) is 3. The zero-order valence-electron chi connectivity index (χ0n) is 11.2. The highest BCUT2D eigenvalue weighted by Crippen LogP contribution is 2.24. The van der Waals surface area contributed by atoms with E-state index in [0.717, 1.165) is 9.91 Å². The van der Waals surface area contributed by atoms with Gasteiger partial charge in [-0.1, -0.05) is 0 Å². The number of aliphatic carboxylic acids is 1. The molecule has 1 aromatic rings. The van der Waals surface area contributed by atoms with Crippen LogP contribution in [-0.2, 0) is 10.3 Å². The molecule has 1 aliphatic rings. The molecule has 0 bridgehead atoms. The van der Waals surface area contributed by atoms with Gasteiger partial charge in [0.1, 0.15) is 11.0 Å². The molecule has 0 radical (unpaired) electrons. The molecule has 2 atom stereocenters. The Kier molecular flexibility index (Phi) is 3.96. The maximum absolute atomic E-state index is 12.2. The van der Waals surface area contributed by atoms with E-state index in [9.17, 15) is 14.7 Å². The van der Waals surface area contributed by atoms with Crippen molar-refractivity contribution in [2.24, 2.45) is 0 Å². The van der Waals surface area contributed by atoms with Crippen molar-refractivity contribution >= 4 is 23.3 Å². The Bertz CT molecular complexity index is 503. The summed E-state index contributed by atoms with van der Waals surface area (Å²) in [6.45, 7) is 3.62. The summed E-state index contributed by atoms with van der Waals surface area (Å²) in [6, 6.07) is -1.49. The number of β-amino-alcohol motifs (C(OH)–C–C–N with tert-alkyl or cyclic N) is 1. The van der Waals surface area contributed by atoms with E-state index in [1.54, 1.807) is 20.0 Å². The number of rotatable bonds is 3. The molecule has 1 saturated heterocycles. The summed E-state index contributed by atoms with van der Waals surface area (Å²) in [7, 11) is 0. The number of hydrogen-bond acceptors (Lipinski definition) is 5. The van der Waals surface area contributed by atoms with E-state index in [2.05, 4.69) is 10.3 Å². The summed E-state index contributed by atoms with van der Waals surface area (Å²) < 4.78 is 0. The third-order valence-electron chi connectivity index (χ3n) is 3.21. The van der Waals surface area contributed by atoms with Gasteiger partial charge in [0.15, 0.2) is 0 Å². The Morgan fingerprint density at radius 1 is 1.55 bits per heavy atom. The average Bonchev–Trinajstić information content (AvgIpc) is 2.96. The van der Waals surface area contributed by atoms with Crippen molar-refractivity contribution in [3.8, 4) is 0 Å². The van der Waals surface area contributed by atoms with Gasteiger partial charge >= 0.3 is 12.0 Å². The van der Waals surface area contributed by atoms with Crippen LogP contribution in [0.25, 0.3) is 0 Å². The zero-order valence-corrected chi connectivity index (χ0v) is 12.1. The Labute approximate surface area is 120 Å².